The molecule has 0 aromatic carbocycles. The van der Waals surface area contributed by atoms with Crippen LogP contribution in [0.4, 0.5) is 0 Å². The van der Waals surface area contributed by atoms with Crippen LogP contribution in [-0.4, -0.2) is 55.1 Å². The summed E-state index contributed by atoms with van der Waals surface area (Å²) in [5, 5.41) is 11.2. The van der Waals surface area contributed by atoms with Gasteiger partial charge in [-0.05, 0) is 12.1 Å². The van der Waals surface area contributed by atoms with Gasteiger partial charge in [-0.3, -0.25) is 10.1 Å². The van der Waals surface area contributed by atoms with Gasteiger partial charge >= 0.3 is 0 Å². The predicted molar refractivity (Wildman–Crippen MR) is 83.8 cm³/mol. The van der Waals surface area contributed by atoms with Gasteiger partial charge in [0.05, 0.1) is 31.8 Å². The Balaban J connectivity index is 2.00. The normalized spacial score (nSPS) is 22.2. The number of nitrogens with zero attached hydrogens (tertiary/aromatic N) is 2. The summed E-state index contributed by atoms with van der Waals surface area (Å²) in [6, 6.07) is 3.46. The van der Waals surface area contributed by atoms with Gasteiger partial charge in [-0.1, -0.05) is 0 Å². The standard InChI is InChI=1S/C16H22N2O6/c1-16(2)23-11-13(17-5-8-21-9-6-17)15(24-16)12(10-18(19)20)14-4-3-7-22-14/h3-4,7,12H,5-6,8-11H2,1-2H3. The average molecular weight is 338 g/mol. The molecule has 0 bridgehead atoms. The summed E-state index contributed by atoms with van der Waals surface area (Å²) in [6.45, 7) is 6.28. The predicted octanol–water partition coefficient (Wildman–Crippen LogP) is 1.97. The minimum Gasteiger partial charge on any atom is -0.468 e. The van der Waals surface area contributed by atoms with Gasteiger partial charge in [0.15, 0.2) is 0 Å². The van der Waals surface area contributed by atoms with E-state index in [1.165, 1.54) is 6.26 Å². The summed E-state index contributed by atoms with van der Waals surface area (Å²) in [7, 11) is 0. The summed E-state index contributed by atoms with van der Waals surface area (Å²) < 4.78 is 22.7. The fourth-order valence-corrected chi connectivity index (χ4v) is 2.96. The molecule has 3 rings (SSSR count). The number of ether oxygens (including phenoxy) is 3. The summed E-state index contributed by atoms with van der Waals surface area (Å²) in [4.78, 5) is 13.0. The molecule has 132 valence electrons. The van der Waals surface area contributed by atoms with E-state index in [4.69, 9.17) is 18.6 Å². The molecule has 3 heterocycles. The van der Waals surface area contributed by atoms with Gasteiger partial charge in [-0.2, -0.15) is 0 Å². The molecule has 1 atom stereocenters. The Morgan fingerprint density at radius 1 is 1.38 bits per heavy atom. The number of hydrogen-bond acceptors (Lipinski definition) is 7. The number of furan rings is 1. The first-order chi connectivity index (χ1) is 11.5. The highest BCUT2D eigenvalue weighted by Gasteiger charge is 2.39. The summed E-state index contributed by atoms with van der Waals surface area (Å²) in [5.41, 5.74) is 0.834. The lowest BCUT2D eigenvalue weighted by Crippen LogP contribution is -2.44. The Morgan fingerprint density at radius 3 is 2.75 bits per heavy atom. The molecule has 0 saturated carbocycles. The van der Waals surface area contributed by atoms with Crippen molar-refractivity contribution in [3.63, 3.8) is 0 Å². The van der Waals surface area contributed by atoms with Crippen molar-refractivity contribution < 1.29 is 23.6 Å². The van der Waals surface area contributed by atoms with Crippen molar-refractivity contribution in [2.24, 2.45) is 0 Å². The Kier molecular flexibility index (Phi) is 4.77. The van der Waals surface area contributed by atoms with E-state index in [-0.39, 0.29) is 11.5 Å². The average Bonchev–Trinajstić information content (AvgIpc) is 3.06. The molecular formula is C16H22N2O6. The maximum atomic E-state index is 11.2. The molecule has 1 unspecified atom stereocenters. The third kappa shape index (κ3) is 3.70. The molecular weight excluding hydrogens is 316 g/mol. The number of nitro groups is 1. The van der Waals surface area contributed by atoms with Crippen LogP contribution >= 0.6 is 0 Å². The lowest BCUT2D eigenvalue weighted by atomic mass is 10.0. The molecule has 2 aliphatic heterocycles. The highest BCUT2D eigenvalue weighted by atomic mass is 16.7. The molecule has 8 heteroatoms. The minimum absolute atomic E-state index is 0.299. The minimum atomic E-state index is -0.841. The first-order valence-corrected chi connectivity index (χ1v) is 8.00. The van der Waals surface area contributed by atoms with Crippen molar-refractivity contribution in [3.05, 3.63) is 45.7 Å². The van der Waals surface area contributed by atoms with E-state index >= 15 is 0 Å². The molecule has 1 aromatic heterocycles. The highest BCUT2D eigenvalue weighted by Crippen LogP contribution is 2.37. The van der Waals surface area contributed by atoms with Crippen LogP contribution in [0.1, 0.15) is 25.5 Å². The molecule has 1 aromatic rings. The number of rotatable bonds is 5. The van der Waals surface area contributed by atoms with Crippen molar-refractivity contribution in [3.8, 4) is 0 Å². The van der Waals surface area contributed by atoms with Gasteiger partial charge in [0.25, 0.3) is 0 Å². The number of hydrogen-bond donors (Lipinski definition) is 0. The molecule has 0 radical (unpaired) electrons. The second-order valence-electron chi connectivity index (χ2n) is 6.28. The van der Waals surface area contributed by atoms with Crippen molar-refractivity contribution in [1.29, 1.82) is 0 Å². The van der Waals surface area contributed by atoms with Crippen molar-refractivity contribution in [1.82, 2.24) is 4.90 Å². The Labute approximate surface area is 140 Å². The van der Waals surface area contributed by atoms with E-state index in [9.17, 15) is 10.1 Å². The molecule has 2 aliphatic rings. The van der Waals surface area contributed by atoms with E-state index in [0.29, 0.717) is 44.4 Å². The second-order valence-corrected chi connectivity index (χ2v) is 6.28. The second kappa shape index (κ2) is 6.82. The van der Waals surface area contributed by atoms with Gasteiger partial charge in [-0.15, -0.1) is 0 Å². The molecule has 1 saturated heterocycles. The fourth-order valence-electron chi connectivity index (χ4n) is 2.96. The first-order valence-electron chi connectivity index (χ1n) is 8.00. The summed E-state index contributed by atoms with van der Waals surface area (Å²) in [6.07, 6.45) is 1.52. The fraction of sp³-hybridized carbons (Fsp3) is 0.625. The third-order valence-corrected chi connectivity index (χ3v) is 4.12. The van der Waals surface area contributed by atoms with Gasteiger partial charge in [0, 0.05) is 31.9 Å². The largest absolute Gasteiger partial charge is 0.468 e. The van der Waals surface area contributed by atoms with Crippen LogP contribution in [0.15, 0.2) is 34.3 Å². The van der Waals surface area contributed by atoms with Crippen LogP contribution < -0.4 is 0 Å². The van der Waals surface area contributed by atoms with Crippen LogP contribution in [0.5, 0.6) is 0 Å². The quantitative estimate of drug-likeness (QED) is 0.599. The third-order valence-electron chi connectivity index (χ3n) is 4.12. The van der Waals surface area contributed by atoms with Crippen LogP contribution in [0.25, 0.3) is 0 Å². The van der Waals surface area contributed by atoms with E-state index < -0.39 is 11.7 Å². The zero-order valence-electron chi connectivity index (χ0n) is 13.9. The van der Waals surface area contributed by atoms with Crippen molar-refractivity contribution in [2.75, 3.05) is 39.5 Å². The molecule has 8 nitrogen and oxygen atoms in total. The first kappa shape index (κ1) is 16.8. The van der Waals surface area contributed by atoms with Gasteiger partial charge < -0.3 is 23.5 Å². The van der Waals surface area contributed by atoms with Crippen LogP contribution in [0, 0.1) is 10.1 Å². The van der Waals surface area contributed by atoms with Crippen molar-refractivity contribution in [2.45, 2.75) is 25.6 Å². The van der Waals surface area contributed by atoms with Gasteiger partial charge in [-0.25, -0.2) is 0 Å². The Morgan fingerprint density at radius 2 is 2.12 bits per heavy atom. The van der Waals surface area contributed by atoms with Crippen molar-refractivity contribution >= 4 is 0 Å². The maximum Gasteiger partial charge on any atom is 0.220 e. The maximum absolute atomic E-state index is 11.2. The zero-order valence-corrected chi connectivity index (χ0v) is 13.9. The van der Waals surface area contributed by atoms with E-state index in [1.807, 2.05) is 0 Å². The molecule has 24 heavy (non-hydrogen) atoms. The van der Waals surface area contributed by atoms with E-state index in [0.717, 1.165) is 5.70 Å². The van der Waals surface area contributed by atoms with Crippen LogP contribution in [0.2, 0.25) is 0 Å². The lowest BCUT2D eigenvalue weighted by molar-refractivity contribution is -0.483. The molecule has 1 fully saturated rings. The topological polar surface area (TPSA) is 87.2 Å². The monoisotopic (exact) mass is 338 g/mol. The highest BCUT2D eigenvalue weighted by molar-refractivity contribution is 5.24. The molecule has 0 spiro atoms. The molecule has 0 amide bonds. The van der Waals surface area contributed by atoms with E-state index in [2.05, 4.69) is 4.90 Å². The SMILES string of the molecule is CC1(C)OCC(N2CCOCC2)=C(C(C[N+](=O)[O-])c2ccco2)O1. The van der Waals surface area contributed by atoms with Crippen LogP contribution in [-0.2, 0) is 14.2 Å². The molecule has 0 aliphatic carbocycles. The number of morpholine rings is 1. The zero-order chi connectivity index (χ0) is 17.2. The lowest BCUT2D eigenvalue weighted by Gasteiger charge is -2.41. The van der Waals surface area contributed by atoms with Gasteiger partial charge in [0.1, 0.15) is 17.4 Å². The smallest absolute Gasteiger partial charge is 0.220 e. The summed E-state index contributed by atoms with van der Waals surface area (Å²) in [5.74, 6) is -0.354. The van der Waals surface area contributed by atoms with E-state index in [1.54, 1.807) is 26.0 Å². The van der Waals surface area contributed by atoms with Gasteiger partial charge in [0.2, 0.25) is 12.3 Å². The van der Waals surface area contributed by atoms with Crippen LogP contribution in [0.3, 0.4) is 0 Å². The Bertz CT molecular complexity index is 604. The molecule has 0 N–H and O–H groups in total. The summed E-state index contributed by atoms with van der Waals surface area (Å²) >= 11 is 0. The Hall–Kier alpha value is -2.06.